The van der Waals surface area contributed by atoms with Gasteiger partial charge in [0, 0.05) is 23.2 Å². The van der Waals surface area contributed by atoms with Gasteiger partial charge in [0.1, 0.15) is 0 Å². The molecule has 0 aliphatic carbocycles. The number of anilines is 1. The molecule has 0 bridgehead atoms. The SMILES string of the molecule is CN(C)CC(O)CNc1ccc(Br)cc1C(F)(F)F. The number of hydrogen-bond acceptors (Lipinski definition) is 3. The fraction of sp³-hybridized carbons (Fsp3) is 0.500. The Morgan fingerprint density at radius 2 is 2.00 bits per heavy atom. The summed E-state index contributed by atoms with van der Waals surface area (Å²) >= 11 is 3.02. The van der Waals surface area contributed by atoms with Crippen LogP contribution in [0.5, 0.6) is 0 Å². The third-order valence-electron chi connectivity index (χ3n) is 2.39. The molecule has 2 N–H and O–H groups in total. The van der Waals surface area contributed by atoms with Crippen molar-refractivity contribution in [2.45, 2.75) is 12.3 Å². The van der Waals surface area contributed by atoms with Crippen molar-refractivity contribution >= 4 is 21.6 Å². The van der Waals surface area contributed by atoms with Crippen LogP contribution < -0.4 is 5.32 Å². The molecule has 1 aromatic rings. The van der Waals surface area contributed by atoms with Crippen molar-refractivity contribution in [3.63, 3.8) is 0 Å². The molecule has 1 atom stereocenters. The minimum absolute atomic E-state index is 0.0338. The van der Waals surface area contributed by atoms with Crippen molar-refractivity contribution in [2.24, 2.45) is 0 Å². The lowest BCUT2D eigenvalue weighted by Gasteiger charge is -2.19. The second kappa shape index (κ2) is 6.58. The van der Waals surface area contributed by atoms with Gasteiger partial charge in [0.25, 0.3) is 0 Å². The molecule has 0 radical (unpaired) electrons. The van der Waals surface area contributed by atoms with E-state index in [-0.39, 0.29) is 12.2 Å². The molecule has 0 aliphatic heterocycles. The molecule has 1 rings (SSSR count). The van der Waals surface area contributed by atoms with Crippen LogP contribution in [-0.2, 0) is 6.18 Å². The molecule has 0 aromatic heterocycles. The maximum Gasteiger partial charge on any atom is 0.418 e. The zero-order valence-electron chi connectivity index (χ0n) is 10.6. The Labute approximate surface area is 118 Å². The Morgan fingerprint density at radius 3 is 2.53 bits per heavy atom. The number of aliphatic hydroxyl groups is 1. The molecule has 0 heterocycles. The van der Waals surface area contributed by atoms with Gasteiger partial charge in [-0.2, -0.15) is 13.2 Å². The third kappa shape index (κ3) is 5.38. The van der Waals surface area contributed by atoms with E-state index >= 15 is 0 Å². The summed E-state index contributed by atoms with van der Waals surface area (Å²) in [7, 11) is 3.56. The van der Waals surface area contributed by atoms with Crippen LogP contribution in [0.15, 0.2) is 22.7 Å². The number of halogens is 4. The second-order valence-electron chi connectivity index (χ2n) is 4.48. The van der Waals surface area contributed by atoms with Crippen LogP contribution >= 0.6 is 15.9 Å². The lowest BCUT2D eigenvalue weighted by atomic mass is 10.1. The number of alkyl halides is 3. The maximum absolute atomic E-state index is 12.8. The number of hydrogen-bond donors (Lipinski definition) is 2. The van der Waals surface area contributed by atoms with E-state index < -0.39 is 17.8 Å². The van der Waals surface area contributed by atoms with Crippen molar-refractivity contribution in [3.05, 3.63) is 28.2 Å². The van der Waals surface area contributed by atoms with E-state index in [1.54, 1.807) is 19.0 Å². The van der Waals surface area contributed by atoms with E-state index in [1.807, 2.05) is 0 Å². The molecule has 1 aromatic carbocycles. The van der Waals surface area contributed by atoms with Crippen LogP contribution in [0.1, 0.15) is 5.56 Å². The Kier molecular flexibility index (Phi) is 5.64. The van der Waals surface area contributed by atoms with E-state index in [4.69, 9.17) is 0 Å². The van der Waals surface area contributed by atoms with Gasteiger partial charge >= 0.3 is 6.18 Å². The van der Waals surface area contributed by atoms with E-state index in [0.29, 0.717) is 11.0 Å². The Hall–Kier alpha value is -0.790. The smallest absolute Gasteiger partial charge is 0.390 e. The molecular weight excluding hydrogens is 325 g/mol. The highest BCUT2D eigenvalue weighted by Crippen LogP contribution is 2.36. The summed E-state index contributed by atoms with van der Waals surface area (Å²) in [5, 5.41) is 12.3. The third-order valence-corrected chi connectivity index (χ3v) is 2.88. The first kappa shape index (κ1) is 16.3. The summed E-state index contributed by atoms with van der Waals surface area (Å²) in [6.45, 7) is 0.438. The zero-order valence-corrected chi connectivity index (χ0v) is 12.2. The molecule has 3 nitrogen and oxygen atoms in total. The van der Waals surface area contributed by atoms with Gasteiger partial charge in [0.05, 0.1) is 11.7 Å². The van der Waals surface area contributed by atoms with Crippen molar-refractivity contribution in [2.75, 3.05) is 32.5 Å². The number of benzene rings is 1. The first-order chi connectivity index (χ1) is 8.70. The predicted octanol–water partition coefficient (Wildman–Crippen LogP) is 2.80. The maximum atomic E-state index is 12.8. The van der Waals surface area contributed by atoms with Crippen LogP contribution in [-0.4, -0.2) is 43.3 Å². The van der Waals surface area contributed by atoms with Gasteiger partial charge in [0.15, 0.2) is 0 Å². The molecule has 108 valence electrons. The fourth-order valence-electron chi connectivity index (χ4n) is 1.62. The summed E-state index contributed by atoms with van der Waals surface area (Å²) in [5.74, 6) is 0. The van der Waals surface area contributed by atoms with E-state index in [9.17, 15) is 18.3 Å². The van der Waals surface area contributed by atoms with Crippen LogP contribution in [0, 0.1) is 0 Å². The Balaban J connectivity index is 2.78. The molecule has 1 unspecified atom stereocenters. The van der Waals surface area contributed by atoms with Gasteiger partial charge in [0.2, 0.25) is 0 Å². The highest BCUT2D eigenvalue weighted by Gasteiger charge is 2.33. The van der Waals surface area contributed by atoms with Gasteiger partial charge in [-0.15, -0.1) is 0 Å². The summed E-state index contributed by atoms with van der Waals surface area (Å²) in [4.78, 5) is 1.76. The minimum atomic E-state index is -4.43. The lowest BCUT2D eigenvalue weighted by Crippen LogP contribution is -2.31. The standard InChI is InChI=1S/C12H16BrF3N2O/c1-18(2)7-9(19)6-17-11-4-3-8(13)5-10(11)12(14,15)16/h3-5,9,17,19H,6-7H2,1-2H3. The first-order valence-electron chi connectivity index (χ1n) is 5.63. The van der Waals surface area contributed by atoms with Gasteiger partial charge in [-0.25, -0.2) is 0 Å². The molecular formula is C12H16BrF3N2O. The summed E-state index contributed by atoms with van der Waals surface area (Å²) in [6.07, 6.45) is -5.17. The number of nitrogens with one attached hydrogen (secondary N) is 1. The molecule has 0 spiro atoms. The van der Waals surface area contributed by atoms with Gasteiger partial charge in [-0.1, -0.05) is 15.9 Å². The highest BCUT2D eigenvalue weighted by atomic mass is 79.9. The normalized spacial score (nSPS) is 13.7. The molecule has 0 fully saturated rings. The van der Waals surface area contributed by atoms with E-state index in [0.717, 1.165) is 6.07 Å². The molecule has 0 saturated carbocycles. The monoisotopic (exact) mass is 340 g/mol. The zero-order chi connectivity index (χ0) is 14.6. The number of rotatable bonds is 5. The minimum Gasteiger partial charge on any atom is -0.390 e. The van der Waals surface area contributed by atoms with Gasteiger partial charge in [-0.3, -0.25) is 0 Å². The Morgan fingerprint density at radius 1 is 1.37 bits per heavy atom. The Bertz CT molecular complexity index is 424. The summed E-state index contributed by atoms with van der Waals surface area (Å²) < 4.78 is 38.9. The summed E-state index contributed by atoms with van der Waals surface area (Å²) in [6, 6.07) is 3.88. The largest absolute Gasteiger partial charge is 0.418 e. The number of nitrogens with zero attached hydrogens (tertiary/aromatic N) is 1. The molecule has 0 aliphatic rings. The van der Waals surface area contributed by atoms with Gasteiger partial charge in [-0.05, 0) is 32.3 Å². The van der Waals surface area contributed by atoms with Crippen LogP contribution in [0.25, 0.3) is 0 Å². The number of aliphatic hydroxyl groups excluding tert-OH is 1. The topological polar surface area (TPSA) is 35.5 Å². The lowest BCUT2D eigenvalue weighted by molar-refractivity contribution is -0.137. The highest BCUT2D eigenvalue weighted by molar-refractivity contribution is 9.10. The fourth-order valence-corrected chi connectivity index (χ4v) is 1.98. The van der Waals surface area contributed by atoms with Crippen molar-refractivity contribution in [1.29, 1.82) is 0 Å². The van der Waals surface area contributed by atoms with E-state index in [1.165, 1.54) is 12.1 Å². The summed E-state index contributed by atoms with van der Waals surface area (Å²) in [5.41, 5.74) is -0.785. The molecule has 0 saturated heterocycles. The quantitative estimate of drug-likeness (QED) is 0.865. The number of likely N-dealkylation sites (N-methyl/N-ethyl adjacent to an activating group) is 1. The van der Waals surface area contributed by atoms with Crippen molar-refractivity contribution in [1.82, 2.24) is 4.90 Å². The first-order valence-corrected chi connectivity index (χ1v) is 6.43. The molecule has 0 amide bonds. The van der Waals surface area contributed by atoms with Crippen molar-refractivity contribution in [3.8, 4) is 0 Å². The van der Waals surface area contributed by atoms with Gasteiger partial charge < -0.3 is 15.3 Å². The molecule has 19 heavy (non-hydrogen) atoms. The van der Waals surface area contributed by atoms with Crippen LogP contribution in [0.4, 0.5) is 18.9 Å². The second-order valence-corrected chi connectivity index (χ2v) is 5.40. The molecule has 7 heteroatoms. The van der Waals surface area contributed by atoms with Crippen molar-refractivity contribution < 1.29 is 18.3 Å². The average Bonchev–Trinajstić information content (AvgIpc) is 2.25. The van der Waals surface area contributed by atoms with Crippen LogP contribution in [0.3, 0.4) is 0 Å². The predicted molar refractivity (Wildman–Crippen MR) is 72.2 cm³/mol. The van der Waals surface area contributed by atoms with Crippen LogP contribution in [0.2, 0.25) is 0 Å². The average molecular weight is 341 g/mol. The van der Waals surface area contributed by atoms with E-state index in [2.05, 4.69) is 21.2 Å².